The fourth-order valence-electron chi connectivity index (χ4n) is 0.942. The van der Waals surface area contributed by atoms with E-state index in [0.717, 1.165) is 6.42 Å². The van der Waals surface area contributed by atoms with Crippen LogP contribution in [0.4, 0.5) is 0 Å². The topological polar surface area (TPSA) is 58.0 Å². The molecule has 1 saturated heterocycles. The number of hydrogen-bond acceptors (Lipinski definition) is 3. The summed E-state index contributed by atoms with van der Waals surface area (Å²) in [6.07, 6.45) is 0.987. The van der Waals surface area contributed by atoms with Gasteiger partial charge in [-0.25, -0.2) is 0 Å². The van der Waals surface area contributed by atoms with Crippen molar-refractivity contribution in [2.24, 2.45) is 5.11 Å². The quantitative estimate of drug-likeness (QED) is 0.281. The lowest BCUT2D eigenvalue weighted by Crippen LogP contribution is -2.08. The molecule has 1 rings (SSSR count). The summed E-state index contributed by atoms with van der Waals surface area (Å²) in [5.74, 6) is 0. The van der Waals surface area contributed by atoms with Crippen LogP contribution in [0.5, 0.6) is 0 Å². The third-order valence-electron chi connectivity index (χ3n) is 1.41. The molecule has 0 aromatic heterocycles. The predicted octanol–water partition coefficient (Wildman–Crippen LogP) is 1.38. The summed E-state index contributed by atoms with van der Waals surface area (Å²) in [6.45, 7) is 1.11. The van der Waals surface area contributed by atoms with Crippen LogP contribution in [0.25, 0.3) is 10.4 Å². The molecular weight excluding hydrogens is 150 g/mol. The van der Waals surface area contributed by atoms with Crippen molar-refractivity contribution in [1.82, 2.24) is 0 Å². The zero-order valence-corrected chi connectivity index (χ0v) is 6.37. The molecule has 2 atom stereocenters. The SMILES string of the molecule is [N-]=[N+]=NC[C@@H]1C[C@H](S)CO1. The Morgan fingerprint density at radius 1 is 1.80 bits per heavy atom. The summed E-state index contributed by atoms with van der Waals surface area (Å²) < 4.78 is 5.23. The van der Waals surface area contributed by atoms with Gasteiger partial charge in [0.2, 0.25) is 0 Å². The third-order valence-corrected chi connectivity index (χ3v) is 1.77. The normalized spacial score (nSPS) is 31.7. The molecule has 0 radical (unpaired) electrons. The molecule has 10 heavy (non-hydrogen) atoms. The maximum Gasteiger partial charge on any atom is 0.0643 e. The number of nitrogens with zero attached hydrogens (tertiary/aromatic N) is 3. The first kappa shape index (κ1) is 7.72. The van der Waals surface area contributed by atoms with Crippen molar-refractivity contribution in [2.45, 2.75) is 17.8 Å². The Morgan fingerprint density at radius 3 is 3.10 bits per heavy atom. The van der Waals surface area contributed by atoms with Crippen LogP contribution in [0, 0.1) is 0 Å². The minimum atomic E-state index is 0.0957. The molecule has 0 unspecified atom stereocenters. The minimum Gasteiger partial charge on any atom is -0.377 e. The molecule has 1 aliphatic rings. The second-order valence-electron chi connectivity index (χ2n) is 2.26. The van der Waals surface area contributed by atoms with E-state index in [1.165, 1.54) is 0 Å². The highest BCUT2D eigenvalue weighted by Gasteiger charge is 2.21. The van der Waals surface area contributed by atoms with Crippen LogP contribution >= 0.6 is 12.6 Å². The summed E-state index contributed by atoms with van der Waals surface area (Å²) in [5, 5.41) is 3.73. The molecule has 0 saturated carbocycles. The molecule has 1 fully saturated rings. The molecule has 56 valence electrons. The number of ether oxygens (including phenoxy) is 1. The Bertz CT molecular complexity index is 157. The number of azide groups is 1. The van der Waals surface area contributed by atoms with Crippen LogP contribution in [0.15, 0.2) is 5.11 Å². The molecule has 0 aromatic rings. The van der Waals surface area contributed by atoms with Gasteiger partial charge in [0.05, 0.1) is 19.3 Å². The van der Waals surface area contributed by atoms with Gasteiger partial charge in [0.15, 0.2) is 0 Å². The second kappa shape index (κ2) is 3.71. The zero-order valence-electron chi connectivity index (χ0n) is 5.47. The van der Waals surface area contributed by atoms with Crippen LogP contribution in [-0.2, 0) is 4.74 Å². The largest absolute Gasteiger partial charge is 0.377 e. The van der Waals surface area contributed by atoms with E-state index in [4.69, 9.17) is 10.3 Å². The number of rotatable bonds is 2. The molecule has 0 bridgehead atoms. The van der Waals surface area contributed by atoms with Gasteiger partial charge in [0.1, 0.15) is 0 Å². The highest BCUT2D eigenvalue weighted by molar-refractivity contribution is 7.81. The monoisotopic (exact) mass is 159 g/mol. The van der Waals surface area contributed by atoms with Crippen molar-refractivity contribution in [1.29, 1.82) is 0 Å². The zero-order chi connectivity index (χ0) is 7.40. The van der Waals surface area contributed by atoms with Crippen LogP contribution in [-0.4, -0.2) is 24.5 Å². The van der Waals surface area contributed by atoms with E-state index in [0.29, 0.717) is 18.4 Å². The summed E-state index contributed by atoms with van der Waals surface area (Å²) >= 11 is 4.21. The lowest BCUT2D eigenvalue weighted by atomic mass is 10.2. The van der Waals surface area contributed by atoms with Gasteiger partial charge in [0.25, 0.3) is 0 Å². The van der Waals surface area contributed by atoms with E-state index in [-0.39, 0.29) is 6.10 Å². The molecule has 1 heterocycles. The van der Waals surface area contributed by atoms with E-state index in [9.17, 15) is 0 Å². The minimum absolute atomic E-state index is 0.0957. The number of thiol groups is 1. The van der Waals surface area contributed by atoms with E-state index in [2.05, 4.69) is 22.7 Å². The van der Waals surface area contributed by atoms with E-state index in [1.807, 2.05) is 0 Å². The summed E-state index contributed by atoms with van der Waals surface area (Å²) in [4.78, 5) is 2.64. The molecule has 0 amide bonds. The number of hydrogen-bond donors (Lipinski definition) is 1. The van der Waals surface area contributed by atoms with Crippen LogP contribution in [0.3, 0.4) is 0 Å². The molecule has 5 heteroatoms. The second-order valence-corrected chi connectivity index (χ2v) is 2.99. The summed E-state index contributed by atoms with van der Waals surface area (Å²) in [7, 11) is 0. The average molecular weight is 159 g/mol. The van der Waals surface area contributed by atoms with Crippen molar-refractivity contribution >= 4 is 12.6 Å². The fraction of sp³-hybridized carbons (Fsp3) is 1.00. The van der Waals surface area contributed by atoms with Crippen LogP contribution in [0.1, 0.15) is 6.42 Å². The first-order valence-electron chi connectivity index (χ1n) is 3.13. The highest BCUT2D eigenvalue weighted by atomic mass is 32.1. The van der Waals surface area contributed by atoms with Gasteiger partial charge in [-0.15, -0.1) is 0 Å². The third kappa shape index (κ3) is 2.10. The standard InChI is InChI=1S/C5H9N3OS/c6-8-7-2-4-1-5(10)3-9-4/h4-5,10H,1-3H2/t4-,5-/m0/s1. The van der Waals surface area contributed by atoms with E-state index in [1.54, 1.807) is 0 Å². The van der Waals surface area contributed by atoms with Crippen molar-refractivity contribution in [3.05, 3.63) is 10.4 Å². The Labute approximate surface area is 64.6 Å². The maximum absolute atomic E-state index is 7.98. The van der Waals surface area contributed by atoms with Gasteiger partial charge >= 0.3 is 0 Å². The van der Waals surface area contributed by atoms with Crippen LogP contribution in [0.2, 0.25) is 0 Å². The molecule has 0 aliphatic carbocycles. The van der Waals surface area contributed by atoms with Crippen molar-refractivity contribution < 1.29 is 4.74 Å². The van der Waals surface area contributed by atoms with Gasteiger partial charge < -0.3 is 4.74 Å². The smallest absolute Gasteiger partial charge is 0.0643 e. The van der Waals surface area contributed by atoms with Crippen molar-refractivity contribution in [3.8, 4) is 0 Å². The average Bonchev–Trinajstić information content (AvgIpc) is 2.31. The lowest BCUT2D eigenvalue weighted by Gasteiger charge is -2.01. The van der Waals surface area contributed by atoms with Gasteiger partial charge in [0, 0.05) is 10.2 Å². The molecule has 0 aromatic carbocycles. The predicted molar refractivity (Wildman–Crippen MR) is 41.1 cm³/mol. The molecule has 0 N–H and O–H groups in total. The Balaban J connectivity index is 2.24. The van der Waals surface area contributed by atoms with E-state index >= 15 is 0 Å². The Kier molecular flexibility index (Phi) is 2.86. The first-order chi connectivity index (χ1) is 4.83. The first-order valence-corrected chi connectivity index (χ1v) is 3.65. The van der Waals surface area contributed by atoms with Gasteiger partial charge in [-0.05, 0) is 12.0 Å². The van der Waals surface area contributed by atoms with Crippen LogP contribution < -0.4 is 0 Å². The Morgan fingerprint density at radius 2 is 2.60 bits per heavy atom. The van der Waals surface area contributed by atoms with E-state index < -0.39 is 0 Å². The van der Waals surface area contributed by atoms with Crippen molar-refractivity contribution in [3.63, 3.8) is 0 Å². The fourth-order valence-corrected chi connectivity index (χ4v) is 1.26. The molecule has 4 nitrogen and oxygen atoms in total. The maximum atomic E-state index is 7.98. The summed E-state index contributed by atoms with van der Waals surface area (Å²) in [5.41, 5.74) is 7.98. The lowest BCUT2D eigenvalue weighted by molar-refractivity contribution is 0.118. The Hall–Kier alpha value is -0.380. The highest BCUT2D eigenvalue weighted by Crippen LogP contribution is 2.17. The summed E-state index contributed by atoms with van der Waals surface area (Å²) in [6, 6.07) is 0. The molecule has 1 aliphatic heterocycles. The van der Waals surface area contributed by atoms with Crippen molar-refractivity contribution in [2.75, 3.05) is 13.2 Å². The van der Waals surface area contributed by atoms with Gasteiger partial charge in [-0.1, -0.05) is 5.11 Å². The van der Waals surface area contributed by atoms with Gasteiger partial charge in [-0.3, -0.25) is 0 Å². The molecule has 0 spiro atoms. The van der Waals surface area contributed by atoms with Gasteiger partial charge in [-0.2, -0.15) is 12.6 Å². The molecular formula is C5H9N3OS.